The number of methoxy groups -OCH3 is 1. The standard InChI is InChI=1S/C26H27N3O4/c1-3-4-14-33-26(31)27-18-9-7-8-17(15-18)25(30)29-24-20-10-5-6-11-22(20)28-23-16-19(32-2)12-13-21(23)24/h5-13,15-16,25,30H,3-4,14H2,1-2H3,(H,27,31)(H,28,29). The van der Waals surface area contributed by atoms with Crippen LogP contribution in [-0.2, 0) is 4.74 Å². The molecule has 1 unspecified atom stereocenters. The third kappa shape index (κ3) is 5.15. The van der Waals surface area contributed by atoms with Crippen molar-refractivity contribution in [3.63, 3.8) is 0 Å². The summed E-state index contributed by atoms with van der Waals surface area (Å²) in [4.78, 5) is 16.7. The van der Waals surface area contributed by atoms with Crippen molar-refractivity contribution in [2.45, 2.75) is 26.0 Å². The first kappa shape index (κ1) is 22.4. The van der Waals surface area contributed by atoms with E-state index in [0.717, 1.165) is 40.3 Å². The normalized spacial score (nSPS) is 11.8. The van der Waals surface area contributed by atoms with Gasteiger partial charge in [-0.1, -0.05) is 43.7 Å². The molecule has 4 aromatic rings. The van der Waals surface area contributed by atoms with E-state index in [1.165, 1.54) is 0 Å². The molecule has 0 aliphatic heterocycles. The number of para-hydroxylation sites is 1. The molecule has 0 radical (unpaired) electrons. The lowest BCUT2D eigenvalue weighted by Crippen LogP contribution is -2.15. The average Bonchev–Trinajstić information content (AvgIpc) is 2.83. The second kappa shape index (κ2) is 10.2. The monoisotopic (exact) mass is 445 g/mol. The number of aliphatic hydroxyl groups excluding tert-OH is 1. The first-order valence-corrected chi connectivity index (χ1v) is 10.9. The molecule has 1 aromatic heterocycles. The van der Waals surface area contributed by atoms with E-state index in [0.29, 0.717) is 23.6 Å². The number of carbonyl (C=O) groups excluding carboxylic acids is 1. The maximum atomic E-state index is 12.0. The summed E-state index contributed by atoms with van der Waals surface area (Å²) in [6, 6.07) is 20.4. The number of nitrogens with one attached hydrogen (secondary N) is 2. The molecule has 0 aliphatic carbocycles. The molecule has 4 rings (SSSR count). The smallest absolute Gasteiger partial charge is 0.411 e. The summed E-state index contributed by atoms with van der Waals surface area (Å²) in [5.74, 6) is 0.710. The van der Waals surface area contributed by atoms with Crippen molar-refractivity contribution in [3.05, 3.63) is 72.3 Å². The SMILES string of the molecule is CCCCOC(=O)Nc1cccc(C(O)Nc2c3ccccc3nc3cc(OC)ccc23)c1. The number of aromatic nitrogens is 1. The molecule has 0 saturated carbocycles. The number of benzene rings is 3. The predicted octanol–water partition coefficient (Wildman–Crippen LogP) is 5.85. The van der Waals surface area contributed by atoms with Crippen LogP contribution < -0.4 is 15.4 Å². The van der Waals surface area contributed by atoms with E-state index < -0.39 is 12.3 Å². The maximum Gasteiger partial charge on any atom is 0.411 e. The van der Waals surface area contributed by atoms with E-state index >= 15 is 0 Å². The molecule has 0 fully saturated rings. The van der Waals surface area contributed by atoms with Gasteiger partial charge in [0.2, 0.25) is 0 Å². The molecule has 7 nitrogen and oxygen atoms in total. The number of fused-ring (bicyclic) bond motifs is 2. The maximum absolute atomic E-state index is 12.0. The number of unbranched alkanes of at least 4 members (excludes halogenated alkanes) is 1. The topological polar surface area (TPSA) is 92.7 Å². The predicted molar refractivity (Wildman–Crippen MR) is 131 cm³/mol. The highest BCUT2D eigenvalue weighted by Crippen LogP contribution is 2.34. The van der Waals surface area contributed by atoms with E-state index in [9.17, 15) is 9.90 Å². The third-order valence-electron chi connectivity index (χ3n) is 5.35. The van der Waals surface area contributed by atoms with E-state index in [-0.39, 0.29) is 0 Å². The molecule has 33 heavy (non-hydrogen) atoms. The number of amides is 1. The number of anilines is 2. The zero-order valence-electron chi connectivity index (χ0n) is 18.7. The Bertz CT molecular complexity index is 1280. The number of pyridine rings is 1. The zero-order valence-corrected chi connectivity index (χ0v) is 18.7. The van der Waals surface area contributed by atoms with E-state index in [2.05, 4.69) is 10.6 Å². The molecule has 3 aromatic carbocycles. The highest BCUT2D eigenvalue weighted by atomic mass is 16.5. The van der Waals surface area contributed by atoms with Crippen molar-refractivity contribution in [1.29, 1.82) is 0 Å². The minimum absolute atomic E-state index is 0.374. The Morgan fingerprint density at radius 1 is 1.03 bits per heavy atom. The molecule has 170 valence electrons. The average molecular weight is 446 g/mol. The lowest BCUT2D eigenvalue weighted by Gasteiger charge is -2.19. The summed E-state index contributed by atoms with van der Waals surface area (Å²) in [5.41, 5.74) is 3.47. The van der Waals surface area contributed by atoms with E-state index in [1.54, 1.807) is 31.4 Å². The number of nitrogens with zero attached hydrogens (tertiary/aromatic N) is 1. The Balaban J connectivity index is 1.62. The molecular formula is C26H27N3O4. The van der Waals surface area contributed by atoms with Crippen LogP contribution in [0.5, 0.6) is 5.75 Å². The molecule has 3 N–H and O–H groups in total. The number of hydrogen-bond acceptors (Lipinski definition) is 6. The molecule has 0 saturated heterocycles. The van der Waals surface area contributed by atoms with Crippen molar-refractivity contribution in [2.24, 2.45) is 0 Å². The van der Waals surface area contributed by atoms with Gasteiger partial charge in [-0.2, -0.15) is 0 Å². The lowest BCUT2D eigenvalue weighted by atomic mass is 10.1. The second-order valence-electron chi connectivity index (χ2n) is 7.67. The van der Waals surface area contributed by atoms with Crippen LogP contribution >= 0.6 is 0 Å². The molecule has 1 amide bonds. The Hall–Kier alpha value is -3.84. The third-order valence-corrected chi connectivity index (χ3v) is 5.35. The van der Waals surface area contributed by atoms with Crippen molar-refractivity contribution in [2.75, 3.05) is 24.4 Å². The number of ether oxygens (including phenoxy) is 2. The molecular weight excluding hydrogens is 418 g/mol. The molecule has 0 bridgehead atoms. The Morgan fingerprint density at radius 3 is 2.67 bits per heavy atom. The van der Waals surface area contributed by atoms with Crippen LogP contribution in [-0.4, -0.2) is 29.9 Å². The zero-order chi connectivity index (χ0) is 23.2. The van der Waals surface area contributed by atoms with Crippen molar-refractivity contribution >= 4 is 39.3 Å². The fourth-order valence-corrected chi connectivity index (χ4v) is 3.62. The van der Waals surface area contributed by atoms with Gasteiger partial charge >= 0.3 is 6.09 Å². The first-order chi connectivity index (χ1) is 16.1. The fourth-order valence-electron chi connectivity index (χ4n) is 3.62. The number of aliphatic hydroxyl groups is 1. The van der Waals surface area contributed by atoms with E-state index in [1.807, 2.05) is 49.4 Å². The summed E-state index contributed by atoms with van der Waals surface area (Å²) in [5, 5.41) is 18.7. The molecule has 0 spiro atoms. The van der Waals surface area contributed by atoms with Gasteiger partial charge in [0, 0.05) is 28.1 Å². The van der Waals surface area contributed by atoms with Crippen LogP contribution in [0.1, 0.15) is 31.6 Å². The van der Waals surface area contributed by atoms with Gasteiger partial charge in [-0.25, -0.2) is 9.78 Å². The van der Waals surface area contributed by atoms with Crippen LogP contribution in [0.15, 0.2) is 66.7 Å². The minimum atomic E-state index is -1.01. The molecule has 1 heterocycles. The summed E-state index contributed by atoms with van der Waals surface area (Å²) in [7, 11) is 1.62. The second-order valence-corrected chi connectivity index (χ2v) is 7.67. The Kier molecular flexibility index (Phi) is 6.90. The van der Waals surface area contributed by atoms with Gasteiger partial charge in [-0.05, 0) is 36.8 Å². The number of carbonyl (C=O) groups is 1. The number of rotatable bonds is 8. The van der Waals surface area contributed by atoms with Gasteiger partial charge in [0.05, 0.1) is 30.4 Å². The first-order valence-electron chi connectivity index (χ1n) is 10.9. The molecule has 0 aliphatic rings. The van der Waals surface area contributed by atoms with Gasteiger partial charge in [0.1, 0.15) is 5.75 Å². The summed E-state index contributed by atoms with van der Waals surface area (Å²) in [6.45, 7) is 2.41. The van der Waals surface area contributed by atoms with Gasteiger partial charge < -0.3 is 19.9 Å². The molecule has 7 heteroatoms. The van der Waals surface area contributed by atoms with Gasteiger partial charge in [0.25, 0.3) is 0 Å². The summed E-state index contributed by atoms with van der Waals surface area (Å²) in [6.07, 6.45) is 0.240. The van der Waals surface area contributed by atoms with Gasteiger partial charge in [-0.3, -0.25) is 5.32 Å². The van der Waals surface area contributed by atoms with Gasteiger partial charge in [-0.15, -0.1) is 0 Å². The van der Waals surface area contributed by atoms with Crippen molar-refractivity contribution < 1.29 is 19.4 Å². The quantitative estimate of drug-likeness (QED) is 0.179. The van der Waals surface area contributed by atoms with Crippen LogP contribution in [0.4, 0.5) is 16.2 Å². The van der Waals surface area contributed by atoms with Crippen molar-refractivity contribution in [1.82, 2.24) is 4.98 Å². The van der Waals surface area contributed by atoms with Crippen LogP contribution in [0.25, 0.3) is 21.8 Å². The highest BCUT2D eigenvalue weighted by Gasteiger charge is 2.15. The largest absolute Gasteiger partial charge is 0.497 e. The van der Waals surface area contributed by atoms with Crippen molar-refractivity contribution in [3.8, 4) is 5.75 Å². The molecule has 1 atom stereocenters. The lowest BCUT2D eigenvalue weighted by molar-refractivity contribution is 0.160. The summed E-state index contributed by atoms with van der Waals surface area (Å²) >= 11 is 0. The number of hydrogen-bond donors (Lipinski definition) is 3. The van der Waals surface area contributed by atoms with Crippen LogP contribution in [0.2, 0.25) is 0 Å². The van der Waals surface area contributed by atoms with Gasteiger partial charge in [0.15, 0.2) is 6.23 Å². The van der Waals surface area contributed by atoms with E-state index in [4.69, 9.17) is 14.5 Å². The summed E-state index contributed by atoms with van der Waals surface area (Å²) < 4.78 is 10.5. The van der Waals surface area contributed by atoms with Crippen LogP contribution in [0.3, 0.4) is 0 Å². The fraction of sp³-hybridized carbons (Fsp3) is 0.231. The Labute approximate surface area is 192 Å². The van der Waals surface area contributed by atoms with Crippen LogP contribution in [0, 0.1) is 0 Å². The minimum Gasteiger partial charge on any atom is -0.497 e. The highest BCUT2D eigenvalue weighted by molar-refractivity contribution is 6.07. The Morgan fingerprint density at radius 2 is 1.85 bits per heavy atom.